The second-order valence-electron chi connectivity index (χ2n) is 4.99. The highest BCUT2D eigenvalue weighted by Gasteiger charge is 2.19. The van der Waals surface area contributed by atoms with Crippen LogP contribution in [0.2, 0.25) is 0 Å². The SMILES string of the molecule is COc1ccc2c(c1)CCc1ccccc1C2C. The maximum absolute atomic E-state index is 5.33. The molecule has 1 aliphatic carbocycles. The van der Waals surface area contributed by atoms with Crippen LogP contribution in [0, 0.1) is 0 Å². The van der Waals surface area contributed by atoms with Crippen LogP contribution in [0.3, 0.4) is 0 Å². The molecule has 0 amide bonds. The topological polar surface area (TPSA) is 9.23 Å². The zero-order valence-corrected chi connectivity index (χ0v) is 10.9. The monoisotopic (exact) mass is 238 g/mol. The maximum atomic E-state index is 5.33. The Kier molecular flexibility index (Phi) is 2.83. The molecule has 0 fully saturated rings. The molecule has 2 aromatic carbocycles. The largest absolute Gasteiger partial charge is 0.497 e. The molecule has 0 N–H and O–H groups in total. The molecule has 1 aliphatic rings. The normalized spacial score (nSPS) is 17.6. The van der Waals surface area contributed by atoms with Crippen LogP contribution in [-0.2, 0) is 12.8 Å². The molecule has 1 atom stereocenters. The second-order valence-corrected chi connectivity index (χ2v) is 4.99. The van der Waals surface area contributed by atoms with E-state index in [0.29, 0.717) is 5.92 Å². The van der Waals surface area contributed by atoms with E-state index >= 15 is 0 Å². The third-order valence-corrected chi connectivity index (χ3v) is 4.00. The molecule has 0 heterocycles. The zero-order chi connectivity index (χ0) is 12.5. The highest BCUT2D eigenvalue weighted by Crippen LogP contribution is 2.35. The van der Waals surface area contributed by atoms with E-state index < -0.39 is 0 Å². The summed E-state index contributed by atoms with van der Waals surface area (Å²) in [6.07, 6.45) is 2.23. The van der Waals surface area contributed by atoms with Gasteiger partial charge >= 0.3 is 0 Å². The van der Waals surface area contributed by atoms with Crippen molar-refractivity contribution in [2.75, 3.05) is 7.11 Å². The quantitative estimate of drug-likeness (QED) is 0.731. The van der Waals surface area contributed by atoms with Crippen molar-refractivity contribution < 1.29 is 4.74 Å². The molecule has 1 unspecified atom stereocenters. The van der Waals surface area contributed by atoms with Gasteiger partial charge in [-0.2, -0.15) is 0 Å². The summed E-state index contributed by atoms with van der Waals surface area (Å²) in [5.74, 6) is 1.44. The molecule has 0 saturated carbocycles. The molecule has 92 valence electrons. The summed E-state index contributed by atoms with van der Waals surface area (Å²) in [6, 6.07) is 15.3. The van der Waals surface area contributed by atoms with Gasteiger partial charge in [-0.15, -0.1) is 0 Å². The summed E-state index contributed by atoms with van der Waals surface area (Å²) in [5, 5.41) is 0. The van der Waals surface area contributed by atoms with Gasteiger partial charge < -0.3 is 4.74 Å². The lowest BCUT2D eigenvalue weighted by atomic mass is 9.90. The van der Waals surface area contributed by atoms with E-state index in [4.69, 9.17) is 4.74 Å². The van der Waals surface area contributed by atoms with Gasteiger partial charge in [0.25, 0.3) is 0 Å². The number of hydrogen-bond donors (Lipinski definition) is 0. The van der Waals surface area contributed by atoms with Crippen LogP contribution < -0.4 is 4.74 Å². The van der Waals surface area contributed by atoms with E-state index in [0.717, 1.165) is 18.6 Å². The van der Waals surface area contributed by atoms with Gasteiger partial charge in [-0.05, 0) is 47.2 Å². The fourth-order valence-electron chi connectivity index (χ4n) is 2.97. The fraction of sp³-hybridized carbons (Fsp3) is 0.294. The average molecular weight is 238 g/mol. The van der Waals surface area contributed by atoms with Gasteiger partial charge in [0.05, 0.1) is 7.11 Å². The lowest BCUT2D eigenvalue weighted by Gasteiger charge is -2.16. The van der Waals surface area contributed by atoms with Crippen LogP contribution in [-0.4, -0.2) is 7.11 Å². The molecule has 0 saturated heterocycles. The minimum Gasteiger partial charge on any atom is -0.497 e. The summed E-state index contributed by atoms with van der Waals surface area (Å²) in [7, 11) is 1.73. The molecule has 1 nitrogen and oxygen atoms in total. The molecule has 0 aromatic heterocycles. The summed E-state index contributed by atoms with van der Waals surface area (Å²) in [4.78, 5) is 0. The average Bonchev–Trinajstić information content (AvgIpc) is 2.57. The number of ether oxygens (including phenoxy) is 1. The Hall–Kier alpha value is -1.76. The first-order valence-electron chi connectivity index (χ1n) is 6.54. The highest BCUT2D eigenvalue weighted by molar-refractivity contribution is 5.46. The van der Waals surface area contributed by atoms with Crippen molar-refractivity contribution in [3.8, 4) is 5.75 Å². The van der Waals surface area contributed by atoms with Gasteiger partial charge in [0.2, 0.25) is 0 Å². The van der Waals surface area contributed by atoms with Crippen molar-refractivity contribution in [3.63, 3.8) is 0 Å². The van der Waals surface area contributed by atoms with Crippen LogP contribution in [0.1, 0.15) is 35.1 Å². The lowest BCUT2D eigenvalue weighted by Crippen LogP contribution is -1.99. The van der Waals surface area contributed by atoms with Crippen LogP contribution in [0.5, 0.6) is 5.75 Å². The minimum atomic E-state index is 0.476. The number of methoxy groups -OCH3 is 1. The molecular formula is C17H18O. The fourth-order valence-corrected chi connectivity index (χ4v) is 2.97. The van der Waals surface area contributed by atoms with E-state index in [2.05, 4.69) is 49.4 Å². The maximum Gasteiger partial charge on any atom is 0.119 e. The van der Waals surface area contributed by atoms with Gasteiger partial charge in [-0.3, -0.25) is 0 Å². The lowest BCUT2D eigenvalue weighted by molar-refractivity contribution is 0.414. The molecule has 0 bridgehead atoms. The Morgan fingerprint density at radius 3 is 2.50 bits per heavy atom. The minimum absolute atomic E-state index is 0.476. The molecule has 0 radical (unpaired) electrons. The third-order valence-electron chi connectivity index (χ3n) is 4.00. The Balaban J connectivity index is 2.11. The van der Waals surface area contributed by atoms with E-state index in [1.165, 1.54) is 22.3 Å². The molecule has 18 heavy (non-hydrogen) atoms. The second kappa shape index (κ2) is 4.49. The Bertz CT molecular complexity index is 572. The standard InChI is InChI=1S/C17H18O/c1-12-16-6-4-3-5-13(16)7-8-14-11-15(18-2)9-10-17(12)14/h3-6,9-12H,7-8H2,1-2H3. The first kappa shape index (κ1) is 11.3. The smallest absolute Gasteiger partial charge is 0.119 e. The summed E-state index contributed by atoms with van der Waals surface area (Å²) in [6.45, 7) is 2.30. The molecule has 0 spiro atoms. The Labute approximate surface area is 108 Å². The van der Waals surface area contributed by atoms with Crippen LogP contribution >= 0.6 is 0 Å². The van der Waals surface area contributed by atoms with Crippen LogP contribution in [0.15, 0.2) is 42.5 Å². The molecule has 1 heteroatoms. The van der Waals surface area contributed by atoms with Crippen molar-refractivity contribution in [2.24, 2.45) is 0 Å². The van der Waals surface area contributed by atoms with Crippen molar-refractivity contribution >= 4 is 0 Å². The van der Waals surface area contributed by atoms with E-state index in [1.54, 1.807) is 7.11 Å². The van der Waals surface area contributed by atoms with Crippen LogP contribution in [0.4, 0.5) is 0 Å². The van der Waals surface area contributed by atoms with Gasteiger partial charge in [0, 0.05) is 5.92 Å². The zero-order valence-electron chi connectivity index (χ0n) is 10.9. The summed E-state index contributed by atoms with van der Waals surface area (Å²) >= 11 is 0. The number of aryl methyl sites for hydroxylation is 2. The molecule has 0 aliphatic heterocycles. The van der Waals surface area contributed by atoms with Crippen molar-refractivity contribution in [2.45, 2.75) is 25.7 Å². The number of fused-ring (bicyclic) bond motifs is 2. The predicted octanol–water partition coefficient (Wildman–Crippen LogP) is 3.95. The van der Waals surface area contributed by atoms with Gasteiger partial charge in [-0.1, -0.05) is 37.3 Å². The summed E-state index contributed by atoms with van der Waals surface area (Å²) < 4.78 is 5.33. The number of rotatable bonds is 1. The van der Waals surface area contributed by atoms with Crippen molar-refractivity contribution in [3.05, 3.63) is 64.7 Å². The first-order valence-corrected chi connectivity index (χ1v) is 6.54. The number of hydrogen-bond acceptors (Lipinski definition) is 1. The summed E-state index contributed by atoms with van der Waals surface area (Å²) in [5.41, 5.74) is 5.83. The van der Waals surface area contributed by atoms with Gasteiger partial charge in [0.15, 0.2) is 0 Å². The van der Waals surface area contributed by atoms with E-state index in [1.807, 2.05) is 0 Å². The van der Waals surface area contributed by atoms with E-state index in [-0.39, 0.29) is 0 Å². The third kappa shape index (κ3) is 1.80. The first-order chi connectivity index (χ1) is 8.79. The number of benzene rings is 2. The Morgan fingerprint density at radius 2 is 1.67 bits per heavy atom. The van der Waals surface area contributed by atoms with Crippen molar-refractivity contribution in [1.29, 1.82) is 0 Å². The van der Waals surface area contributed by atoms with Crippen molar-refractivity contribution in [1.82, 2.24) is 0 Å². The van der Waals surface area contributed by atoms with Crippen LogP contribution in [0.25, 0.3) is 0 Å². The molecule has 3 rings (SSSR count). The highest BCUT2D eigenvalue weighted by atomic mass is 16.5. The van der Waals surface area contributed by atoms with Gasteiger partial charge in [-0.25, -0.2) is 0 Å². The molecule has 2 aromatic rings. The predicted molar refractivity (Wildman–Crippen MR) is 74.4 cm³/mol. The molecular weight excluding hydrogens is 220 g/mol. The van der Waals surface area contributed by atoms with Gasteiger partial charge in [0.1, 0.15) is 5.75 Å². The Morgan fingerprint density at radius 1 is 0.944 bits per heavy atom. The van der Waals surface area contributed by atoms with E-state index in [9.17, 15) is 0 Å².